The van der Waals surface area contributed by atoms with Crippen molar-refractivity contribution in [1.29, 1.82) is 0 Å². The third-order valence-corrected chi connectivity index (χ3v) is 5.29. The van der Waals surface area contributed by atoms with Gasteiger partial charge in [0.1, 0.15) is 0 Å². The lowest BCUT2D eigenvalue weighted by molar-refractivity contribution is 0.173. The first-order chi connectivity index (χ1) is 9.44. The molecule has 20 heavy (non-hydrogen) atoms. The first-order valence-corrected chi connectivity index (χ1v) is 8.90. The molecule has 2 heteroatoms. The largest absolute Gasteiger partial charge is 0.313 e. The molecule has 0 aromatic carbocycles. The van der Waals surface area contributed by atoms with Crippen LogP contribution < -0.4 is 5.32 Å². The Bertz CT molecular complexity index is 262. The molecule has 1 saturated carbocycles. The minimum absolute atomic E-state index is 0.468. The molecule has 1 aliphatic rings. The average molecular weight is 283 g/mol. The summed E-state index contributed by atoms with van der Waals surface area (Å²) in [4.78, 5) is 2.68. The summed E-state index contributed by atoms with van der Waals surface area (Å²) < 4.78 is 0. The van der Waals surface area contributed by atoms with Gasteiger partial charge in [-0.25, -0.2) is 0 Å². The molecule has 0 aromatic rings. The molecule has 1 fully saturated rings. The lowest BCUT2D eigenvalue weighted by Crippen LogP contribution is -2.46. The van der Waals surface area contributed by atoms with E-state index in [1.54, 1.807) is 0 Å². The summed E-state index contributed by atoms with van der Waals surface area (Å²) in [5.41, 5.74) is 0.468. The third kappa shape index (κ3) is 5.04. The van der Waals surface area contributed by atoms with Crippen molar-refractivity contribution in [3.8, 4) is 0 Å². The molecule has 0 radical (unpaired) electrons. The van der Waals surface area contributed by atoms with Crippen molar-refractivity contribution in [2.75, 3.05) is 26.2 Å². The Balaban J connectivity index is 2.58. The second-order valence-electron chi connectivity index (χ2n) is 7.58. The molecule has 2 nitrogen and oxygen atoms in total. The standard InChI is InChI=1S/C18H38N2/c1-7-12-19-17-16(10-11-18(17,5)6)14-20(9-3)13-15(4)8-2/h15-17,19H,7-14H2,1-6H3. The summed E-state index contributed by atoms with van der Waals surface area (Å²) in [6.45, 7) is 19.1. The highest BCUT2D eigenvalue weighted by Gasteiger charge is 2.41. The molecule has 0 amide bonds. The molecule has 0 heterocycles. The van der Waals surface area contributed by atoms with Crippen LogP contribution in [0.15, 0.2) is 0 Å². The predicted molar refractivity (Wildman–Crippen MR) is 90.2 cm³/mol. The number of hydrogen-bond donors (Lipinski definition) is 1. The highest BCUT2D eigenvalue weighted by molar-refractivity contribution is 4.97. The second kappa shape index (κ2) is 8.38. The second-order valence-corrected chi connectivity index (χ2v) is 7.58. The highest BCUT2D eigenvalue weighted by atomic mass is 15.1. The normalized spacial score (nSPS) is 27.1. The minimum Gasteiger partial charge on any atom is -0.313 e. The van der Waals surface area contributed by atoms with Crippen molar-refractivity contribution in [1.82, 2.24) is 10.2 Å². The fourth-order valence-corrected chi connectivity index (χ4v) is 3.69. The van der Waals surface area contributed by atoms with Gasteiger partial charge < -0.3 is 10.2 Å². The number of nitrogens with one attached hydrogen (secondary N) is 1. The maximum atomic E-state index is 3.84. The number of rotatable bonds is 9. The Labute approximate surface area is 127 Å². The number of hydrogen-bond acceptors (Lipinski definition) is 2. The molecule has 1 rings (SSSR count). The molecule has 3 unspecified atom stereocenters. The van der Waals surface area contributed by atoms with Crippen LogP contribution in [0, 0.1) is 17.3 Å². The Kier molecular flexibility index (Phi) is 7.53. The first kappa shape index (κ1) is 18.0. The van der Waals surface area contributed by atoms with Gasteiger partial charge in [0, 0.05) is 19.1 Å². The fourth-order valence-electron chi connectivity index (χ4n) is 3.69. The van der Waals surface area contributed by atoms with Gasteiger partial charge in [-0.3, -0.25) is 0 Å². The summed E-state index contributed by atoms with van der Waals surface area (Å²) in [5.74, 6) is 1.66. The Hall–Kier alpha value is -0.0800. The Morgan fingerprint density at radius 3 is 2.50 bits per heavy atom. The van der Waals surface area contributed by atoms with Crippen molar-refractivity contribution < 1.29 is 0 Å². The molecular weight excluding hydrogens is 244 g/mol. The van der Waals surface area contributed by atoms with Crippen molar-refractivity contribution in [3.05, 3.63) is 0 Å². The smallest absolute Gasteiger partial charge is 0.0159 e. The van der Waals surface area contributed by atoms with Crippen molar-refractivity contribution >= 4 is 0 Å². The van der Waals surface area contributed by atoms with Crippen LogP contribution in [-0.2, 0) is 0 Å². The molecule has 0 saturated heterocycles. The molecule has 3 atom stereocenters. The van der Waals surface area contributed by atoms with E-state index >= 15 is 0 Å². The van der Waals surface area contributed by atoms with Crippen LogP contribution in [0.25, 0.3) is 0 Å². The van der Waals surface area contributed by atoms with E-state index < -0.39 is 0 Å². The molecule has 120 valence electrons. The average Bonchev–Trinajstić information content (AvgIpc) is 2.70. The van der Waals surface area contributed by atoms with Gasteiger partial charge in [-0.1, -0.05) is 48.0 Å². The minimum atomic E-state index is 0.468. The first-order valence-electron chi connectivity index (χ1n) is 8.90. The van der Waals surface area contributed by atoms with Crippen LogP contribution in [0.1, 0.15) is 67.2 Å². The van der Waals surface area contributed by atoms with Gasteiger partial charge in [0.15, 0.2) is 0 Å². The van der Waals surface area contributed by atoms with Crippen LogP contribution in [0.4, 0.5) is 0 Å². The summed E-state index contributed by atoms with van der Waals surface area (Å²) in [7, 11) is 0. The van der Waals surface area contributed by atoms with Gasteiger partial charge in [0.05, 0.1) is 0 Å². The van der Waals surface area contributed by atoms with E-state index in [4.69, 9.17) is 0 Å². The molecule has 0 bridgehead atoms. The zero-order valence-electron chi connectivity index (χ0n) is 14.8. The van der Waals surface area contributed by atoms with E-state index in [-0.39, 0.29) is 0 Å². The van der Waals surface area contributed by atoms with Gasteiger partial charge in [0.25, 0.3) is 0 Å². The molecule has 1 N–H and O–H groups in total. The molecule has 0 aromatic heterocycles. The monoisotopic (exact) mass is 282 g/mol. The lowest BCUT2D eigenvalue weighted by atomic mass is 9.84. The van der Waals surface area contributed by atoms with Crippen LogP contribution >= 0.6 is 0 Å². The summed E-state index contributed by atoms with van der Waals surface area (Å²) >= 11 is 0. The van der Waals surface area contributed by atoms with E-state index in [1.165, 1.54) is 51.9 Å². The van der Waals surface area contributed by atoms with E-state index in [0.29, 0.717) is 11.5 Å². The molecule has 0 spiro atoms. The molecule has 0 aliphatic heterocycles. The van der Waals surface area contributed by atoms with Gasteiger partial charge >= 0.3 is 0 Å². The fraction of sp³-hybridized carbons (Fsp3) is 1.00. The van der Waals surface area contributed by atoms with Crippen molar-refractivity contribution in [2.45, 2.75) is 73.3 Å². The van der Waals surface area contributed by atoms with Crippen LogP contribution in [0.3, 0.4) is 0 Å². The van der Waals surface area contributed by atoms with Gasteiger partial charge in [-0.05, 0) is 49.6 Å². The van der Waals surface area contributed by atoms with E-state index in [1.807, 2.05) is 0 Å². The topological polar surface area (TPSA) is 15.3 Å². The Morgan fingerprint density at radius 1 is 1.25 bits per heavy atom. The van der Waals surface area contributed by atoms with E-state index in [2.05, 4.69) is 51.8 Å². The molecule has 1 aliphatic carbocycles. The van der Waals surface area contributed by atoms with Crippen LogP contribution in [-0.4, -0.2) is 37.1 Å². The summed E-state index contributed by atoms with van der Waals surface area (Å²) in [6.07, 6.45) is 5.30. The third-order valence-electron chi connectivity index (χ3n) is 5.29. The highest BCUT2D eigenvalue weighted by Crippen LogP contribution is 2.41. The predicted octanol–water partition coefficient (Wildman–Crippen LogP) is 4.16. The SMILES string of the molecule is CCCNC1C(CN(CC)CC(C)CC)CCC1(C)C. The van der Waals surface area contributed by atoms with Crippen LogP contribution in [0.5, 0.6) is 0 Å². The lowest BCUT2D eigenvalue weighted by Gasteiger charge is -2.35. The summed E-state index contributed by atoms with van der Waals surface area (Å²) in [6, 6.07) is 0.702. The quantitative estimate of drug-likeness (QED) is 0.683. The number of nitrogens with zero attached hydrogens (tertiary/aromatic N) is 1. The maximum absolute atomic E-state index is 3.84. The van der Waals surface area contributed by atoms with E-state index in [0.717, 1.165) is 11.8 Å². The summed E-state index contributed by atoms with van der Waals surface area (Å²) in [5, 5.41) is 3.84. The Morgan fingerprint density at radius 2 is 1.95 bits per heavy atom. The van der Waals surface area contributed by atoms with Gasteiger partial charge in [-0.2, -0.15) is 0 Å². The van der Waals surface area contributed by atoms with Gasteiger partial charge in [-0.15, -0.1) is 0 Å². The van der Waals surface area contributed by atoms with Gasteiger partial charge in [0.2, 0.25) is 0 Å². The zero-order valence-corrected chi connectivity index (χ0v) is 14.8. The zero-order chi connectivity index (χ0) is 15.2. The van der Waals surface area contributed by atoms with Crippen LogP contribution in [0.2, 0.25) is 0 Å². The molecular formula is C18H38N2. The van der Waals surface area contributed by atoms with E-state index in [9.17, 15) is 0 Å². The van der Waals surface area contributed by atoms with Crippen molar-refractivity contribution in [3.63, 3.8) is 0 Å². The maximum Gasteiger partial charge on any atom is 0.0159 e. The van der Waals surface area contributed by atoms with Crippen molar-refractivity contribution in [2.24, 2.45) is 17.3 Å².